The second-order valence-electron chi connectivity index (χ2n) is 3.95. The Labute approximate surface area is 107 Å². The predicted octanol–water partition coefficient (Wildman–Crippen LogP) is 1.85. The van der Waals surface area contributed by atoms with E-state index in [2.05, 4.69) is 28.8 Å². The summed E-state index contributed by atoms with van der Waals surface area (Å²) in [7, 11) is 1.78. The van der Waals surface area contributed by atoms with E-state index >= 15 is 0 Å². The van der Waals surface area contributed by atoms with E-state index in [0.29, 0.717) is 23.8 Å². The van der Waals surface area contributed by atoms with E-state index < -0.39 is 0 Å². The molecule has 94 valence electrons. The van der Waals surface area contributed by atoms with Crippen molar-refractivity contribution in [3.8, 4) is 0 Å². The van der Waals surface area contributed by atoms with Gasteiger partial charge in [-0.2, -0.15) is 11.8 Å². The van der Waals surface area contributed by atoms with Crippen LogP contribution in [0.1, 0.15) is 17.3 Å². The number of hydrogen-bond acceptors (Lipinski definition) is 4. The number of rotatable bonds is 6. The first-order valence-electron chi connectivity index (χ1n) is 5.58. The second kappa shape index (κ2) is 7.17. The van der Waals surface area contributed by atoms with Gasteiger partial charge in [-0.15, -0.1) is 0 Å². The molecule has 0 spiro atoms. The number of anilines is 1. The van der Waals surface area contributed by atoms with E-state index in [1.165, 1.54) is 0 Å². The number of amides is 1. The SMILES string of the molecule is CNc1cc(C(=O)NCC(C)CSC)ccn1. The molecule has 1 heterocycles. The number of thioether (sulfide) groups is 1. The lowest BCUT2D eigenvalue weighted by molar-refractivity contribution is 0.0949. The fourth-order valence-electron chi connectivity index (χ4n) is 1.42. The van der Waals surface area contributed by atoms with Crippen molar-refractivity contribution in [3.05, 3.63) is 23.9 Å². The Morgan fingerprint density at radius 2 is 2.35 bits per heavy atom. The summed E-state index contributed by atoms with van der Waals surface area (Å²) < 4.78 is 0. The Morgan fingerprint density at radius 1 is 1.59 bits per heavy atom. The number of nitrogens with zero attached hydrogens (tertiary/aromatic N) is 1. The molecule has 0 aromatic carbocycles. The molecule has 0 fully saturated rings. The zero-order valence-corrected chi connectivity index (χ0v) is 11.3. The van der Waals surface area contributed by atoms with Gasteiger partial charge in [0, 0.05) is 25.4 Å². The molecule has 1 rings (SSSR count). The number of aromatic nitrogens is 1. The summed E-state index contributed by atoms with van der Waals surface area (Å²) in [6, 6.07) is 3.46. The normalized spacial score (nSPS) is 11.9. The van der Waals surface area contributed by atoms with E-state index in [0.717, 1.165) is 5.75 Å². The lowest BCUT2D eigenvalue weighted by Gasteiger charge is -2.11. The average molecular weight is 253 g/mol. The van der Waals surface area contributed by atoms with Crippen LogP contribution in [0.5, 0.6) is 0 Å². The number of carbonyl (C=O) groups is 1. The van der Waals surface area contributed by atoms with Gasteiger partial charge in [0.2, 0.25) is 0 Å². The van der Waals surface area contributed by atoms with Gasteiger partial charge in [0.15, 0.2) is 0 Å². The minimum absolute atomic E-state index is 0.0446. The molecular weight excluding hydrogens is 234 g/mol. The quantitative estimate of drug-likeness (QED) is 0.812. The highest BCUT2D eigenvalue weighted by Crippen LogP contribution is 2.07. The van der Waals surface area contributed by atoms with Crippen LogP contribution in [-0.4, -0.2) is 36.5 Å². The van der Waals surface area contributed by atoms with Crippen LogP contribution < -0.4 is 10.6 Å². The van der Waals surface area contributed by atoms with E-state index in [1.54, 1.807) is 37.1 Å². The number of hydrogen-bond donors (Lipinski definition) is 2. The highest BCUT2D eigenvalue weighted by molar-refractivity contribution is 7.98. The van der Waals surface area contributed by atoms with Crippen LogP contribution in [0.25, 0.3) is 0 Å². The molecule has 17 heavy (non-hydrogen) atoms. The minimum atomic E-state index is -0.0446. The Bertz CT molecular complexity index is 371. The van der Waals surface area contributed by atoms with Gasteiger partial charge in [-0.3, -0.25) is 4.79 Å². The van der Waals surface area contributed by atoms with Crippen LogP contribution in [-0.2, 0) is 0 Å². The van der Waals surface area contributed by atoms with Crippen molar-refractivity contribution in [1.82, 2.24) is 10.3 Å². The maximum atomic E-state index is 11.8. The fraction of sp³-hybridized carbons (Fsp3) is 0.500. The predicted molar refractivity (Wildman–Crippen MR) is 73.7 cm³/mol. The fourth-order valence-corrected chi connectivity index (χ4v) is 2.11. The molecule has 0 radical (unpaired) electrons. The molecule has 1 unspecified atom stereocenters. The highest BCUT2D eigenvalue weighted by atomic mass is 32.2. The van der Waals surface area contributed by atoms with Gasteiger partial charge in [0.25, 0.3) is 5.91 Å². The van der Waals surface area contributed by atoms with Crippen molar-refractivity contribution in [2.24, 2.45) is 5.92 Å². The molecule has 0 saturated carbocycles. The molecule has 4 nitrogen and oxygen atoms in total. The Balaban J connectivity index is 2.51. The average Bonchev–Trinajstić information content (AvgIpc) is 2.36. The Hall–Kier alpha value is -1.23. The molecule has 1 amide bonds. The molecule has 1 aromatic rings. The third-order valence-corrected chi connectivity index (χ3v) is 3.24. The van der Waals surface area contributed by atoms with Gasteiger partial charge in [-0.05, 0) is 30.1 Å². The van der Waals surface area contributed by atoms with Gasteiger partial charge in [0.1, 0.15) is 5.82 Å². The summed E-state index contributed by atoms with van der Waals surface area (Å²) in [5, 5.41) is 5.84. The molecule has 2 N–H and O–H groups in total. The highest BCUT2D eigenvalue weighted by Gasteiger charge is 2.08. The summed E-state index contributed by atoms with van der Waals surface area (Å²) in [6.07, 6.45) is 3.70. The van der Waals surface area contributed by atoms with Gasteiger partial charge >= 0.3 is 0 Å². The number of pyridine rings is 1. The summed E-state index contributed by atoms with van der Waals surface area (Å²) in [4.78, 5) is 15.9. The zero-order chi connectivity index (χ0) is 12.7. The summed E-state index contributed by atoms with van der Waals surface area (Å²) >= 11 is 1.79. The molecular formula is C12H19N3OS. The van der Waals surface area contributed by atoms with Crippen molar-refractivity contribution in [3.63, 3.8) is 0 Å². The van der Waals surface area contributed by atoms with Crippen molar-refractivity contribution in [2.45, 2.75) is 6.92 Å². The molecule has 0 saturated heterocycles. The number of carbonyl (C=O) groups excluding carboxylic acids is 1. The lowest BCUT2D eigenvalue weighted by atomic mass is 10.2. The van der Waals surface area contributed by atoms with Gasteiger partial charge < -0.3 is 10.6 Å². The topological polar surface area (TPSA) is 54.0 Å². The van der Waals surface area contributed by atoms with Crippen LogP contribution in [0.2, 0.25) is 0 Å². The van der Waals surface area contributed by atoms with Crippen LogP contribution >= 0.6 is 11.8 Å². The van der Waals surface area contributed by atoms with Crippen molar-refractivity contribution >= 4 is 23.5 Å². The summed E-state index contributed by atoms with van der Waals surface area (Å²) in [5.74, 6) is 2.20. The van der Waals surface area contributed by atoms with Gasteiger partial charge in [-0.25, -0.2) is 4.98 Å². The molecule has 1 aromatic heterocycles. The van der Waals surface area contributed by atoms with Gasteiger partial charge in [0.05, 0.1) is 0 Å². The van der Waals surface area contributed by atoms with Gasteiger partial charge in [-0.1, -0.05) is 6.92 Å². The molecule has 0 bridgehead atoms. The summed E-state index contributed by atoms with van der Waals surface area (Å²) in [6.45, 7) is 2.83. The molecule has 1 atom stereocenters. The van der Waals surface area contributed by atoms with Crippen molar-refractivity contribution in [2.75, 3.05) is 30.9 Å². The minimum Gasteiger partial charge on any atom is -0.373 e. The first-order valence-corrected chi connectivity index (χ1v) is 6.97. The maximum absolute atomic E-state index is 11.8. The Kier molecular flexibility index (Phi) is 5.83. The molecule has 0 aliphatic rings. The monoisotopic (exact) mass is 253 g/mol. The van der Waals surface area contributed by atoms with E-state index in [-0.39, 0.29) is 5.91 Å². The third-order valence-electron chi connectivity index (χ3n) is 2.34. The first kappa shape index (κ1) is 13.8. The van der Waals surface area contributed by atoms with E-state index in [9.17, 15) is 4.79 Å². The van der Waals surface area contributed by atoms with Crippen LogP contribution in [0.3, 0.4) is 0 Å². The van der Waals surface area contributed by atoms with Crippen molar-refractivity contribution in [1.29, 1.82) is 0 Å². The lowest BCUT2D eigenvalue weighted by Crippen LogP contribution is -2.29. The summed E-state index contributed by atoms with van der Waals surface area (Å²) in [5.41, 5.74) is 0.640. The van der Waals surface area contributed by atoms with Crippen LogP contribution in [0.15, 0.2) is 18.3 Å². The van der Waals surface area contributed by atoms with Crippen molar-refractivity contribution < 1.29 is 4.79 Å². The molecule has 0 aliphatic carbocycles. The maximum Gasteiger partial charge on any atom is 0.251 e. The smallest absolute Gasteiger partial charge is 0.251 e. The Morgan fingerprint density at radius 3 is 3.00 bits per heavy atom. The third kappa shape index (κ3) is 4.65. The second-order valence-corrected chi connectivity index (χ2v) is 4.86. The standard InChI is InChI=1S/C12H19N3OS/c1-9(8-17-3)7-15-12(16)10-4-5-14-11(6-10)13-2/h4-6,9H,7-8H2,1-3H3,(H,13,14)(H,15,16). The molecule has 0 aliphatic heterocycles. The van der Waals surface area contributed by atoms with Crippen LogP contribution in [0, 0.1) is 5.92 Å². The largest absolute Gasteiger partial charge is 0.373 e. The number of nitrogens with one attached hydrogen (secondary N) is 2. The van der Waals surface area contributed by atoms with Crippen LogP contribution in [0.4, 0.5) is 5.82 Å². The molecule has 5 heteroatoms. The zero-order valence-electron chi connectivity index (χ0n) is 10.5. The first-order chi connectivity index (χ1) is 8.17. The van der Waals surface area contributed by atoms with E-state index in [1.807, 2.05) is 0 Å². The van der Waals surface area contributed by atoms with E-state index in [4.69, 9.17) is 0 Å².